The first-order valence-corrected chi connectivity index (χ1v) is 7.13. The molecule has 94 valence electrons. The average Bonchev–Trinajstić information content (AvgIpc) is 2.31. The fourth-order valence-corrected chi connectivity index (χ4v) is 1.87. The molecule has 1 aromatic carbocycles. The molecular formula is C14H19BrO2. The lowest BCUT2D eigenvalue weighted by atomic mass is 10.0. The van der Waals surface area contributed by atoms with E-state index in [1.807, 2.05) is 18.2 Å². The second kappa shape index (κ2) is 7.49. The topological polar surface area (TPSA) is 26.3 Å². The third-order valence-electron chi connectivity index (χ3n) is 2.52. The molecule has 0 aromatic heterocycles. The lowest BCUT2D eigenvalue weighted by Crippen LogP contribution is -2.02. The molecule has 0 unspecified atom stereocenters. The molecule has 0 heterocycles. The smallest absolute Gasteiger partial charge is 0.159 e. The van der Waals surface area contributed by atoms with Crippen LogP contribution in [-0.2, 0) is 6.42 Å². The van der Waals surface area contributed by atoms with Gasteiger partial charge in [0.15, 0.2) is 5.78 Å². The molecule has 2 nitrogen and oxygen atoms in total. The molecule has 0 N–H and O–H groups in total. The number of hydrogen-bond acceptors (Lipinski definition) is 2. The average molecular weight is 299 g/mol. The monoisotopic (exact) mass is 298 g/mol. The minimum absolute atomic E-state index is 0.106. The van der Waals surface area contributed by atoms with Gasteiger partial charge in [0.1, 0.15) is 5.75 Å². The molecule has 1 rings (SSSR count). The first-order valence-electron chi connectivity index (χ1n) is 6.01. The highest BCUT2D eigenvalue weighted by atomic mass is 79.9. The highest BCUT2D eigenvalue weighted by molar-refractivity contribution is 9.09. The van der Waals surface area contributed by atoms with Crippen molar-refractivity contribution in [2.24, 2.45) is 0 Å². The second-order valence-corrected chi connectivity index (χ2v) is 4.81. The fourth-order valence-electron chi connectivity index (χ4n) is 1.64. The number of carbonyl (C=O) groups excluding carboxylic acids is 1. The Balaban J connectivity index is 2.83. The zero-order chi connectivity index (χ0) is 12.7. The molecule has 1 aromatic rings. The molecule has 0 bridgehead atoms. The summed E-state index contributed by atoms with van der Waals surface area (Å²) >= 11 is 3.38. The minimum Gasteiger partial charge on any atom is -0.493 e. The van der Waals surface area contributed by atoms with Crippen molar-refractivity contribution in [2.45, 2.75) is 33.1 Å². The normalized spacial score (nSPS) is 10.3. The number of rotatable bonds is 7. The van der Waals surface area contributed by atoms with Gasteiger partial charge in [-0.1, -0.05) is 29.3 Å². The first-order chi connectivity index (χ1) is 8.19. The Hall–Kier alpha value is -0.830. The van der Waals surface area contributed by atoms with Crippen LogP contribution in [0.1, 0.15) is 42.6 Å². The summed E-state index contributed by atoms with van der Waals surface area (Å²) in [6.45, 7) is 4.43. The summed E-state index contributed by atoms with van der Waals surface area (Å²) in [6.07, 6.45) is 2.99. The van der Waals surface area contributed by atoms with Gasteiger partial charge in [0, 0.05) is 10.9 Å². The van der Waals surface area contributed by atoms with Crippen LogP contribution in [0.2, 0.25) is 0 Å². The fraction of sp³-hybridized carbons (Fsp3) is 0.500. The number of benzene rings is 1. The highest BCUT2D eigenvalue weighted by Crippen LogP contribution is 2.22. The van der Waals surface area contributed by atoms with Gasteiger partial charge in [0.2, 0.25) is 0 Å². The zero-order valence-corrected chi connectivity index (χ0v) is 12.0. The highest BCUT2D eigenvalue weighted by Gasteiger charge is 2.07. The molecular weight excluding hydrogens is 280 g/mol. The van der Waals surface area contributed by atoms with E-state index in [2.05, 4.69) is 22.9 Å². The molecule has 17 heavy (non-hydrogen) atoms. The number of alkyl halides is 1. The van der Waals surface area contributed by atoms with Crippen LogP contribution < -0.4 is 4.74 Å². The summed E-state index contributed by atoms with van der Waals surface area (Å²) in [5, 5.41) is 0.946. The third-order valence-corrected chi connectivity index (χ3v) is 3.08. The Morgan fingerprint density at radius 1 is 1.41 bits per heavy atom. The summed E-state index contributed by atoms with van der Waals surface area (Å²) in [4.78, 5) is 11.3. The minimum atomic E-state index is 0.106. The van der Waals surface area contributed by atoms with E-state index in [1.165, 1.54) is 0 Å². The molecule has 0 spiro atoms. The number of aryl methyl sites for hydroxylation is 1. The van der Waals surface area contributed by atoms with Crippen LogP contribution in [0.3, 0.4) is 0 Å². The van der Waals surface area contributed by atoms with Crippen molar-refractivity contribution in [1.82, 2.24) is 0 Å². The van der Waals surface area contributed by atoms with Crippen molar-refractivity contribution in [2.75, 3.05) is 11.9 Å². The van der Waals surface area contributed by atoms with Crippen molar-refractivity contribution < 1.29 is 9.53 Å². The summed E-state index contributed by atoms with van der Waals surface area (Å²) in [7, 11) is 0. The number of carbonyl (C=O) groups is 1. The second-order valence-electron chi connectivity index (χ2n) is 4.02. The van der Waals surface area contributed by atoms with E-state index in [-0.39, 0.29) is 5.78 Å². The summed E-state index contributed by atoms with van der Waals surface area (Å²) in [6, 6.07) is 5.70. The Labute approximate surface area is 111 Å². The lowest BCUT2D eigenvalue weighted by molar-refractivity contribution is 0.101. The first kappa shape index (κ1) is 14.2. The van der Waals surface area contributed by atoms with Crippen LogP contribution in [0.4, 0.5) is 0 Å². The predicted molar refractivity (Wildman–Crippen MR) is 74.3 cm³/mol. The number of hydrogen-bond donors (Lipinski definition) is 0. The van der Waals surface area contributed by atoms with Crippen molar-refractivity contribution in [3.63, 3.8) is 0 Å². The quantitative estimate of drug-likeness (QED) is 0.432. The molecule has 0 aliphatic rings. The maximum absolute atomic E-state index is 11.3. The molecule has 0 aliphatic heterocycles. The number of ketones is 1. The molecule has 0 fully saturated rings. The molecule has 0 aliphatic carbocycles. The molecule has 0 saturated heterocycles. The molecule has 0 amide bonds. The van der Waals surface area contributed by atoms with Gasteiger partial charge < -0.3 is 4.74 Å². The van der Waals surface area contributed by atoms with Crippen LogP contribution >= 0.6 is 15.9 Å². The van der Waals surface area contributed by atoms with Gasteiger partial charge in [-0.25, -0.2) is 0 Å². The predicted octanol–water partition coefficient (Wildman–Crippen LogP) is 4.01. The van der Waals surface area contributed by atoms with E-state index in [0.717, 1.165) is 41.5 Å². The molecule has 0 radical (unpaired) electrons. The van der Waals surface area contributed by atoms with Crippen molar-refractivity contribution in [3.8, 4) is 5.75 Å². The van der Waals surface area contributed by atoms with Gasteiger partial charge in [-0.05, 0) is 43.5 Å². The van der Waals surface area contributed by atoms with E-state index in [0.29, 0.717) is 6.61 Å². The molecule has 0 atom stereocenters. The van der Waals surface area contributed by atoms with Crippen LogP contribution in [0.25, 0.3) is 0 Å². The van der Waals surface area contributed by atoms with Gasteiger partial charge in [-0.3, -0.25) is 4.79 Å². The summed E-state index contributed by atoms with van der Waals surface area (Å²) in [5.41, 5.74) is 1.90. The molecule has 3 heteroatoms. The van der Waals surface area contributed by atoms with Crippen LogP contribution in [0.15, 0.2) is 18.2 Å². The SMILES string of the molecule is CCCc1cc(C(C)=O)ccc1OCCCBr. The van der Waals surface area contributed by atoms with Gasteiger partial charge in [0.25, 0.3) is 0 Å². The molecule has 0 saturated carbocycles. The van der Waals surface area contributed by atoms with Crippen molar-refractivity contribution in [1.29, 1.82) is 0 Å². The number of halogens is 1. The maximum atomic E-state index is 11.3. The Morgan fingerprint density at radius 3 is 2.76 bits per heavy atom. The van der Waals surface area contributed by atoms with Crippen LogP contribution in [-0.4, -0.2) is 17.7 Å². The Morgan fingerprint density at radius 2 is 2.18 bits per heavy atom. The number of Topliss-reactive ketones (excluding diaryl/α,β-unsaturated/α-hetero) is 1. The van der Waals surface area contributed by atoms with E-state index < -0.39 is 0 Å². The lowest BCUT2D eigenvalue weighted by Gasteiger charge is -2.11. The van der Waals surface area contributed by atoms with Gasteiger partial charge in [-0.15, -0.1) is 0 Å². The van der Waals surface area contributed by atoms with Crippen LogP contribution in [0.5, 0.6) is 5.75 Å². The third kappa shape index (κ3) is 4.50. The van der Waals surface area contributed by atoms with Crippen molar-refractivity contribution >= 4 is 21.7 Å². The summed E-state index contributed by atoms with van der Waals surface area (Å²) in [5.74, 6) is 1.02. The standard InChI is InChI=1S/C14H19BrO2/c1-3-5-13-10-12(11(2)16)6-7-14(13)17-9-4-8-15/h6-7,10H,3-5,8-9H2,1-2H3. The van der Waals surface area contributed by atoms with E-state index in [9.17, 15) is 4.79 Å². The Kier molecular flexibility index (Phi) is 6.27. The van der Waals surface area contributed by atoms with E-state index in [4.69, 9.17) is 4.74 Å². The maximum Gasteiger partial charge on any atom is 0.159 e. The largest absolute Gasteiger partial charge is 0.493 e. The van der Waals surface area contributed by atoms with Gasteiger partial charge in [-0.2, -0.15) is 0 Å². The Bertz CT molecular complexity index is 374. The van der Waals surface area contributed by atoms with Crippen molar-refractivity contribution in [3.05, 3.63) is 29.3 Å². The summed E-state index contributed by atoms with van der Waals surface area (Å²) < 4.78 is 5.72. The zero-order valence-electron chi connectivity index (χ0n) is 10.5. The number of ether oxygens (including phenoxy) is 1. The van der Waals surface area contributed by atoms with E-state index >= 15 is 0 Å². The van der Waals surface area contributed by atoms with E-state index in [1.54, 1.807) is 6.92 Å². The van der Waals surface area contributed by atoms with Gasteiger partial charge >= 0.3 is 0 Å². The van der Waals surface area contributed by atoms with Gasteiger partial charge in [0.05, 0.1) is 6.61 Å². The van der Waals surface area contributed by atoms with Crippen LogP contribution in [0, 0.1) is 0 Å².